The van der Waals surface area contributed by atoms with E-state index in [1.807, 2.05) is 0 Å². The summed E-state index contributed by atoms with van der Waals surface area (Å²) in [5.41, 5.74) is -1.34. The maximum Gasteiger partial charge on any atom is 0.419 e. The van der Waals surface area contributed by atoms with Gasteiger partial charge in [-0.2, -0.15) is 13.2 Å². The lowest BCUT2D eigenvalue weighted by Gasteiger charge is -2.13. The standard InChI is InChI=1S/C14H11F4NO2S/c1-8-5-10(7-12(13(8)15)14(16,17)18)9-3-2-4-11(6-9)22(19,20)21/h2-7H,1H3,(H2,19,20,21). The van der Waals surface area contributed by atoms with E-state index < -0.39 is 27.6 Å². The van der Waals surface area contributed by atoms with Crippen molar-refractivity contribution in [1.29, 1.82) is 0 Å². The molecule has 0 spiro atoms. The highest BCUT2D eigenvalue weighted by Gasteiger charge is 2.35. The fourth-order valence-electron chi connectivity index (χ4n) is 2.00. The van der Waals surface area contributed by atoms with Gasteiger partial charge in [0.1, 0.15) is 5.82 Å². The van der Waals surface area contributed by atoms with Crippen LogP contribution in [0.4, 0.5) is 17.6 Å². The minimum absolute atomic E-state index is 0.0525. The number of hydrogen-bond acceptors (Lipinski definition) is 2. The summed E-state index contributed by atoms with van der Waals surface area (Å²) in [6.07, 6.45) is -4.84. The Labute approximate surface area is 124 Å². The Hall–Kier alpha value is -1.93. The molecule has 2 N–H and O–H groups in total. The Morgan fingerprint density at radius 1 is 1.05 bits per heavy atom. The SMILES string of the molecule is Cc1cc(-c2cccc(S(N)(=O)=O)c2)cc(C(F)(F)F)c1F. The van der Waals surface area contributed by atoms with Gasteiger partial charge in [-0.3, -0.25) is 0 Å². The van der Waals surface area contributed by atoms with Crippen molar-refractivity contribution in [2.45, 2.75) is 18.0 Å². The van der Waals surface area contributed by atoms with Crippen LogP contribution in [0.25, 0.3) is 11.1 Å². The highest BCUT2D eigenvalue weighted by Crippen LogP contribution is 2.36. The van der Waals surface area contributed by atoms with Crippen LogP contribution >= 0.6 is 0 Å². The molecule has 0 atom stereocenters. The van der Waals surface area contributed by atoms with E-state index in [9.17, 15) is 26.0 Å². The maximum absolute atomic E-state index is 13.6. The summed E-state index contributed by atoms with van der Waals surface area (Å²) in [5.74, 6) is -1.35. The van der Waals surface area contributed by atoms with Crippen molar-refractivity contribution in [3.8, 4) is 11.1 Å². The zero-order valence-corrected chi connectivity index (χ0v) is 12.1. The molecule has 0 bridgehead atoms. The van der Waals surface area contributed by atoms with Gasteiger partial charge in [0.25, 0.3) is 0 Å². The topological polar surface area (TPSA) is 60.2 Å². The molecule has 0 aliphatic rings. The van der Waals surface area contributed by atoms with E-state index in [0.717, 1.165) is 6.07 Å². The molecular formula is C14H11F4NO2S. The van der Waals surface area contributed by atoms with Crippen molar-refractivity contribution >= 4 is 10.0 Å². The molecule has 0 unspecified atom stereocenters. The number of nitrogens with two attached hydrogens (primary N) is 1. The predicted molar refractivity (Wildman–Crippen MR) is 72.9 cm³/mol. The van der Waals surface area contributed by atoms with Gasteiger partial charge in [0, 0.05) is 0 Å². The Balaban J connectivity index is 2.67. The van der Waals surface area contributed by atoms with Gasteiger partial charge in [0.2, 0.25) is 10.0 Å². The lowest BCUT2D eigenvalue weighted by Crippen LogP contribution is -2.12. The zero-order chi connectivity index (χ0) is 16.7. The molecule has 2 aromatic rings. The summed E-state index contributed by atoms with van der Waals surface area (Å²) < 4.78 is 74.7. The Morgan fingerprint density at radius 2 is 1.68 bits per heavy atom. The van der Waals surface area contributed by atoms with Crippen LogP contribution < -0.4 is 5.14 Å². The van der Waals surface area contributed by atoms with Gasteiger partial charge in [-0.1, -0.05) is 12.1 Å². The largest absolute Gasteiger partial charge is 0.419 e. The third-order valence-corrected chi connectivity index (χ3v) is 3.97. The van der Waals surface area contributed by atoms with Crippen LogP contribution in [0.5, 0.6) is 0 Å². The number of hydrogen-bond donors (Lipinski definition) is 1. The van der Waals surface area contributed by atoms with Crippen molar-refractivity contribution in [2.24, 2.45) is 5.14 Å². The smallest absolute Gasteiger partial charge is 0.225 e. The van der Waals surface area contributed by atoms with Crippen molar-refractivity contribution in [1.82, 2.24) is 0 Å². The van der Waals surface area contributed by atoms with E-state index in [4.69, 9.17) is 5.14 Å². The molecule has 0 saturated carbocycles. The fourth-order valence-corrected chi connectivity index (χ4v) is 2.55. The van der Waals surface area contributed by atoms with Gasteiger partial charge >= 0.3 is 6.18 Å². The number of aryl methyl sites for hydroxylation is 1. The van der Waals surface area contributed by atoms with Crippen LogP contribution in [0.15, 0.2) is 41.3 Å². The second-order valence-electron chi connectivity index (χ2n) is 4.73. The second-order valence-corrected chi connectivity index (χ2v) is 6.29. The van der Waals surface area contributed by atoms with Gasteiger partial charge in [-0.25, -0.2) is 17.9 Å². The minimum Gasteiger partial charge on any atom is -0.225 e. The molecule has 118 valence electrons. The van der Waals surface area contributed by atoms with Crippen molar-refractivity contribution in [3.63, 3.8) is 0 Å². The molecule has 0 fully saturated rings. The number of benzene rings is 2. The lowest BCUT2D eigenvalue weighted by molar-refractivity contribution is -0.140. The summed E-state index contributed by atoms with van der Waals surface area (Å²) in [7, 11) is -3.99. The maximum atomic E-state index is 13.6. The number of alkyl halides is 3. The molecule has 2 aromatic carbocycles. The normalized spacial score (nSPS) is 12.5. The van der Waals surface area contributed by atoms with E-state index in [-0.39, 0.29) is 21.6 Å². The summed E-state index contributed by atoms with van der Waals surface area (Å²) >= 11 is 0. The van der Waals surface area contributed by atoms with Crippen LogP contribution in [0.3, 0.4) is 0 Å². The average Bonchev–Trinajstić information content (AvgIpc) is 2.39. The van der Waals surface area contributed by atoms with Crippen LogP contribution in [-0.4, -0.2) is 8.42 Å². The first kappa shape index (κ1) is 16.4. The average molecular weight is 333 g/mol. The monoisotopic (exact) mass is 333 g/mol. The summed E-state index contributed by atoms with van der Waals surface area (Å²) in [5, 5.41) is 4.99. The van der Waals surface area contributed by atoms with E-state index in [1.165, 1.54) is 31.2 Å². The lowest BCUT2D eigenvalue weighted by atomic mass is 9.99. The molecule has 3 nitrogen and oxygen atoms in total. The van der Waals surface area contributed by atoms with Crippen LogP contribution in [0.2, 0.25) is 0 Å². The van der Waals surface area contributed by atoms with Crippen LogP contribution in [0, 0.1) is 12.7 Å². The van der Waals surface area contributed by atoms with Crippen LogP contribution in [-0.2, 0) is 16.2 Å². The van der Waals surface area contributed by atoms with Gasteiger partial charge < -0.3 is 0 Å². The van der Waals surface area contributed by atoms with E-state index in [1.54, 1.807) is 0 Å². The molecule has 0 radical (unpaired) electrons. The van der Waals surface area contributed by atoms with Crippen molar-refractivity contribution in [3.05, 3.63) is 53.3 Å². The number of primary sulfonamides is 1. The van der Waals surface area contributed by atoms with Gasteiger partial charge in [0.05, 0.1) is 10.5 Å². The predicted octanol–water partition coefficient (Wildman–Crippen LogP) is 3.47. The summed E-state index contributed by atoms with van der Waals surface area (Å²) in [6, 6.07) is 6.99. The highest BCUT2D eigenvalue weighted by molar-refractivity contribution is 7.89. The molecular weight excluding hydrogens is 322 g/mol. The summed E-state index contributed by atoms with van der Waals surface area (Å²) in [6.45, 7) is 1.21. The Kier molecular flexibility index (Phi) is 4.01. The first-order valence-electron chi connectivity index (χ1n) is 6.01. The van der Waals surface area contributed by atoms with Crippen molar-refractivity contribution in [2.75, 3.05) is 0 Å². The van der Waals surface area contributed by atoms with Crippen molar-refractivity contribution < 1.29 is 26.0 Å². The number of rotatable bonds is 2. The number of sulfonamides is 1. The highest BCUT2D eigenvalue weighted by atomic mass is 32.2. The van der Waals surface area contributed by atoms with E-state index in [0.29, 0.717) is 6.07 Å². The first-order chi connectivity index (χ1) is 10.00. The van der Waals surface area contributed by atoms with Gasteiger partial charge in [0.15, 0.2) is 0 Å². The third-order valence-electron chi connectivity index (χ3n) is 3.06. The quantitative estimate of drug-likeness (QED) is 0.856. The molecule has 0 aromatic heterocycles. The molecule has 0 amide bonds. The molecule has 0 aliphatic heterocycles. The van der Waals surface area contributed by atoms with E-state index in [2.05, 4.69) is 0 Å². The minimum atomic E-state index is -4.84. The third kappa shape index (κ3) is 3.28. The Bertz CT molecular complexity index is 829. The molecule has 0 saturated heterocycles. The molecule has 22 heavy (non-hydrogen) atoms. The first-order valence-corrected chi connectivity index (χ1v) is 7.55. The molecule has 0 heterocycles. The van der Waals surface area contributed by atoms with E-state index >= 15 is 0 Å². The number of halogens is 4. The molecule has 0 aliphatic carbocycles. The summed E-state index contributed by atoms with van der Waals surface area (Å²) in [4.78, 5) is -0.236. The zero-order valence-electron chi connectivity index (χ0n) is 11.3. The molecule has 2 rings (SSSR count). The Morgan fingerprint density at radius 3 is 2.23 bits per heavy atom. The second kappa shape index (κ2) is 5.36. The van der Waals surface area contributed by atoms with Gasteiger partial charge in [-0.15, -0.1) is 0 Å². The van der Waals surface area contributed by atoms with Crippen LogP contribution in [0.1, 0.15) is 11.1 Å². The van der Waals surface area contributed by atoms with Gasteiger partial charge in [-0.05, 0) is 47.9 Å². The molecule has 8 heteroatoms. The fraction of sp³-hybridized carbons (Fsp3) is 0.143.